The Hall–Kier alpha value is -2.13. The van der Waals surface area contributed by atoms with Crippen molar-refractivity contribution in [1.82, 2.24) is 26.1 Å². The summed E-state index contributed by atoms with van der Waals surface area (Å²) >= 11 is 0. The summed E-state index contributed by atoms with van der Waals surface area (Å²) in [5.74, 6) is 1.94. The molecule has 0 aliphatic carbocycles. The molecule has 2 saturated heterocycles. The number of hydrogen-bond acceptors (Lipinski definition) is 7. The first-order chi connectivity index (χ1) is 11.2. The first-order valence-corrected chi connectivity index (χ1v) is 7.80. The summed E-state index contributed by atoms with van der Waals surface area (Å²) in [6, 6.07) is 0. The van der Waals surface area contributed by atoms with Gasteiger partial charge in [-0.05, 0) is 31.8 Å². The molecule has 0 aromatic carbocycles. The maximum atomic E-state index is 13.1. The number of amidine groups is 1. The minimum absolute atomic E-state index is 0.171. The smallest absolute Gasteiger partial charge is 0.174 e. The molecule has 8 nitrogen and oxygen atoms in total. The Kier molecular flexibility index (Phi) is 5.09. The predicted octanol–water partition coefficient (Wildman–Crippen LogP) is 0.709. The lowest BCUT2D eigenvalue weighted by atomic mass is 10.00. The molecule has 9 heteroatoms. The van der Waals surface area contributed by atoms with E-state index in [9.17, 15) is 4.39 Å². The fraction of sp³-hybridized carbons (Fsp3) is 0.571. The second-order valence-electron chi connectivity index (χ2n) is 5.70. The molecular formula is C14H21FN8. The molecule has 23 heavy (non-hydrogen) atoms. The summed E-state index contributed by atoms with van der Waals surface area (Å²) in [6.07, 6.45) is 4.02. The molecule has 1 aromatic heterocycles. The van der Waals surface area contributed by atoms with Gasteiger partial charge in [0, 0.05) is 12.8 Å². The molecule has 0 amide bonds. The highest BCUT2D eigenvalue weighted by atomic mass is 19.1. The number of rotatable bonds is 5. The van der Waals surface area contributed by atoms with Crippen LogP contribution in [0.3, 0.4) is 0 Å². The third-order valence-corrected chi connectivity index (χ3v) is 3.88. The van der Waals surface area contributed by atoms with E-state index in [0.29, 0.717) is 29.1 Å². The quantitative estimate of drug-likeness (QED) is 0.404. The van der Waals surface area contributed by atoms with Gasteiger partial charge in [-0.15, -0.1) is 0 Å². The van der Waals surface area contributed by atoms with Crippen LogP contribution in [0.4, 0.5) is 16.0 Å². The number of hydrogen-bond donors (Lipinski definition) is 5. The Bertz CT molecular complexity index is 584. The Balaban J connectivity index is 1.69. The van der Waals surface area contributed by atoms with E-state index >= 15 is 0 Å². The zero-order valence-electron chi connectivity index (χ0n) is 12.8. The van der Waals surface area contributed by atoms with Crippen LogP contribution in [0, 0.1) is 11.3 Å². The Morgan fingerprint density at radius 2 is 2.43 bits per heavy atom. The van der Waals surface area contributed by atoms with Crippen LogP contribution >= 0.6 is 0 Å². The van der Waals surface area contributed by atoms with Crippen molar-refractivity contribution in [3.63, 3.8) is 0 Å². The first-order valence-electron chi connectivity index (χ1n) is 7.80. The molecule has 2 aliphatic heterocycles. The van der Waals surface area contributed by atoms with E-state index < -0.39 is 6.30 Å². The van der Waals surface area contributed by atoms with Gasteiger partial charge in [0.25, 0.3) is 0 Å². The lowest BCUT2D eigenvalue weighted by Crippen LogP contribution is -2.33. The lowest BCUT2D eigenvalue weighted by molar-refractivity contribution is 0.298. The minimum atomic E-state index is -1.14. The average Bonchev–Trinajstić information content (AvgIpc) is 2.99. The normalized spacial score (nSPS) is 26.0. The molecule has 3 rings (SSSR count). The molecule has 124 valence electrons. The van der Waals surface area contributed by atoms with Crippen molar-refractivity contribution >= 4 is 23.7 Å². The number of anilines is 1. The third kappa shape index (κ3) is 4.20. The van der Waals surface area contributed by atoms with Crippen molar-refractivity contribution in [2.45, 2.75) is 25.6 Å². The molecule has 2 unspecified atom stereocenters. The number of aliphatic imine (C=N–C) groups is 1. The van der Waals surface area contributed by atoms with E-state index in [1.807, 2.05) is 0 Å². The van der Waals surface area contributed by atoms with Crippen LogP contribution in [-0.4, -0.2) is 47.9 Å². The van der Waals surface area contributed by atoms with E-state index in [1.54, 1.807) is 0 Å². The zero-order valence-corrected chi connectivity index (χ0v) is 12.8. The van der Waals surface area contributed by atoms with Gasteiger partial charge in [0.05, 0.1) is 12.6 Å². The minimum Gasteiger partial charge on any atom is -0.368 e. The molecule has 0 saturated carbocycles. The number of nitrogens with zero attached hydrogens (tertiary/aromatic N) is 3. The molecule has 2 atom stereocenters. The predicted molar refractivity (Wildman–Crippen MR) is 86.9 cm³/mol. The van der Waals surface area contributed by atoms with E-state index in [-0.39, 0.29) is 6.42 Å². The standard InChI is InChI=1S/C14H21FN8/c15-11-4-12(23-22-11)20-13-8-18-10(5-16)14(21-13)19-7-9-2-1-3-17-6-9/h5,8-9,11,16-17,22H,1-4,6-7H2,(H2,19,20,21,23). The van der Waals surface area contributed by atoms with Crippen LogP contribution in [0.15, 0.2) is 11.2 Å². The van der Waals surface area contributed by atoms with Gasteiger partial charge in [-0.2, -0.15) is 0 Å². The van der Waals surface area contributed by atoms with Crippen molar-refractivity contribution < 1.29 is 4.39 Å². The molecule has 0 bridgehead atoms. The van der Waals surface area contributed by atoms with Crippen molar-refractivity contribution in [3.05, 3.63) is 11.9 Å². The number of piperidine rings is 1. The van der Waals surface area contributed by atoms with Gasteiger partial charge in [-0.3, -0.25) is 0 Å². The molecule has 0 spiro atoms. The summed E-state index contributed by atoms with van der Waals surface area (Å²) in [5, 5.41) is 14.1. The highest BCUT2D eigenvalue weighted by Crippen LogP contribution is 2.17. The topological polar surface area (TPSA) is 110 Å². The molecule has 2 fully saturated rings. The van der Waals surface area contributed by atoms with Crippen molar-refractivity contribution in [3.8, 4) is 0 Å². The summed E-state index contributed by atoms with van der Waals surface area (Å²) in [5.41, 5.74) is 5.58. The Labute approximate surface area is 133 Å². The molecule has 1 aromatic rings. The second kappa shape index (κ2) is 7.42. The molecule has 5 N–H and O–H groups in total. The van der Waals surface area contributed by atoms with Gasteiger partial charge in [-0.25, -0.2) is 24.8 Å². The van der Waals surface area contributed by atoms with Crippen molar-refractivity contribution in [2.24, 2.45) is 10.9 Å². The Morgan fingerprint density at radius 3 is 3.13 bits per heavy atom. The zero-order chi connectivity index (χ0) is 16.1. The van der Waals surface area contributed by atoms with Crippen molar-refractivity contribution in [1.29, 1.82) is 5.41 Å². The van der Waals surface area contributed by atoms with Gasteiger partial charge in [0.15, 0.2) is 17.9 Å². The van der Waals surface area contributed by atoms with Crippen LogP contribution in [0.5, 0.6) is 0 Å². The maximum Gasteiger partial charge on any atom is 0.174 e. The van der Waals surface area contributed by atoms with Gasteiger partial charge >= 0.3 is 0 Å². The van der Waals surface area contributed by atoms with Gasteiger partial charge < -0.3 is 21.5 Å². The Morgan fingerprint density at radius 1 is 1.52 bits per heavy atom. The van der Waals surface area contributed by atoms with Crippen LogP contribution in [0.2, 0.25) is 0 Å². The summed E-state index contributed by atoms with van der Waals surface area (Å²) in [4.78, 5) is 12.8. The second-order valence-corrected chi connectivity index (χ2v) is 5.70. The lowest BCUT2D eigenvalue weighted by Gasteiger charge is -2.23. The van der Waals surface area contributed by atoms with Gasteiger partial charge in [-0.1, -0.05) is 0 Å². The SMILES string of the molecule is N=Cc1ncc(N=C2CC(F)NN2)nc1NCC1CCCNC1. The van der Waals surface area contributed by atoms with E-state index in [1.165, 1.54) is 25.3 Å². The average molecular weight is 320 g/mol. The highest BCUT2D eigenvalue weighted by Gasteiger charge is 2.19. The maximum absolute atomic E-state index is 13.1. The number of nitrogens with one attached hydrogen (secondary N) is 5. The summed E-state index contributed by atoms with van der Waals surface area (Å²) < 4.78 is 13.1. The fourth-order valence-electron chi connectivity index (χ4n) is 2.66. The molecule has 2 aliphatic rings. The molecule has 0 radical (unpaired) electrons. The van der Waals surface area contributed by atoms with Crippen LogP contribution in [-0.2, 0) is 0 Å². The monoisotopic (exact) mass is 320 g/mol. The fourth-order valence-corrected chi connectivity index (χ4v) is 2.66. The number of aromatic nitrogens is 2. The van der Waals surface area contributed by atoms with Crippen molar-refractivity contribution in [2.75, 3.05) is 25.0 Å². The number of halogens is 1. The first kappa shape index (κ1) is 15.8. The summed E-state index contributed by atoms with van der Waals surface area (Å²) in [7, 11) is 0. The van der Waals surface area contributed by atoms with E-state index in [2.05, 4.69) is 36.4 Å². The molecule has 3 heterocycles. The largest absolute Gasteiger partial charge is 0.368 e. The third-order valence-electron chi connectivity index (χ3n) is 3.88. The van der Waals surface area contributed by atoms with E-state index in [4.69, 9.17) is 5.41 Å². The summed E-state index contributed by atoms with van der Waals surface area (Å²) in [6.45, 7) is 2.83. The number of alkyl halides is 1. The van der Waals surface area contributed by atoms with Gasteiger partial charge in [0.1, 0.15) is 11.5 Å². The molecular weight excluding hydrogens is 299 g/mol. The van der Waals surface area contributed by atoms with Crippen LogP contribution < -0.4 is 21.5 Å². The van der Waals surface area contributed by atoms with E-state index in [0.717, 1.165) is 19.6 Å². The van der Waals surface area contributed by atoms with Crippen LogP contribution in [0.25, 0.3) is 0 Å². The van der Waals surface area contributed by atoms with Gasteiger partial charge in [0.2, 0.25) is 0 Å². The number of hydrazine groups is 1. The van der Waals surface area contributed by atoms with Crippen LogP contribution in [0.1, 0.15) is 25.0 Å². The highest BCUT2D eigenvalue weighted by molar-refractivity contribution is 5.86.